The maximum Gasteiger partial charge on any atom is 0.407 e. The van der Waals surface area contributed by atoms with Crippen LogP contribution in [0.4, 0.5) is 4.79 Å². The number of carbonyl (C=O) groups excluding carboxylic acids is 3. The quantitative estimate of drug-likeness (QED) is 0.193. The summed E-state index contributed by atoms with van der Waals surface area (Å²) in [5, 5.41) is 3.62. The molecular formula is C38H47N9O4. The predicted octanol–water partition coefficient (Wildman–Crippen LogP) is 5.29. The summed E-state index contributed by atoms with van der Waals surface area (Å²) in [6.07, 6.45) is 11.6. The summed E-state index contributed by atoms with van der Waals surface area (Å²) >= 11 is 0. The van der Waals surface area contributed by atoms with E-state index in [1.807, 2.05) is 17.3 Å². The van der Waals surface area contributed by atoms with Crippen molar-refractivity contribution in [3.05, 3.63) is 71.8 Å². The molecule has 0 bridgehead atoms. The zero-order valence-electron chi connectivity index (χ0n) is 29.7. The summed E-state index contributed by atoms with van der Waals surface area (Å²) in [4.78, 5) is 62.6. The van der Waals surface area contributed by atoms with Crippen LogP contribution in [0.1, 0.15) is 101 Å². The third-order valence-corrected chi connectivity index (χ3v) is 10.9. The average Bonchev–Trinajstić information content (AvgIpc) is 3.97. The van der Waals surface area contributed by atoms with E-state index in [0.29, 0.717) is 13.1 Å². The molecule has 2 fully saturated rings. The number of ether oxygens (including phenoxy) is 1. The molecule has 3 aliphatic rings. The Morgan fingerprint density at radius 2 is 1.76 bits per heavy atom. The molecule has 1 aliphatic carbocycles. The molecule has 3 amide bonds. The fraction of sp³-hybridized carbons (Fsp3) is 0.474. The molecule has 13 heteroatoms. The number of aromatic amines is 2. The molecule has 0 spiro atoms. The van der Waals surface area contributed by atoms with Crippen molar-refractivity contribution in [2.24, 2.45) is 5.73 Å². The van der Waals surface area contributed by atoms with Crippen molar-refractivity contribution in [2.45, 2.75) is 95.3 Å². The molecule has 5 atom stereocenters. The number of benzene rings is 1. The van der Waals surface area contributed by atoms with Gasteiger partial charge in [-0.05, 0) is 82.6 Å². The molecule has 1 aromatic carbocycles. The molecule has 13 nitrogen and oxygen atoms in total. The maximum absolute atomic E-state index is 13.1. The average molecular weight is 694 g/mol. The van der Waals surface area contributed by atoms with Crippen LogP contribution in [-0.4, -0.2) is 84.9 Å². The molecule has 3 aromatic heterocycles. The van der Waals surface area contributed by atoms with Gasteiger partial charge >= 0.3 is 6.09 Å². The number of fused-ring (bicyclic) bond motifs is 1. The second kappa shape index (κ2) is 13.9. The van der Waals surface area contributed by atoms with Crippen LogP contribution in [0.15, 0.2) is 48.8 Å². The highest BCUT2D eigenvalue weighted by Gasteiger charge is 2.36. The van der Waals surface area contributed by atoms with Crippen LogP contribution in [0.3, 0.4) is 0 Å². The van der Waals surface area contributed by atoms with Crippen LogP contribution < -0.4 is 11.1 Å². The third-order valence-electron chi connectivity index (χ3n) is 10.9. The Labute approximate surface area is 297 Å². The molecule has 2 saturated heterocycles. The summed E-state index contributed by atoms with van der Waals surface area (Å²) in [7, 11) is 1.28. The van der Waals surface area contributed by atoms with Crippen LogP contribution in [0.25, 0.3) is 27.7 Å². The summed E-state index contributed by atoms with van der Waals surface area (Å²) in [5.74, 6) is 1.38. The standard InChI is InChI=1S/C38H47N9O4/c1-22(39)35(48)46-17-5-7-30(46)33-41-21-29(45-33)26-9-11-27-25(19-26)10-12-32(43-27)38(3)15-13-24(14-16-38)28-20-40-34(44-28)31-8-6-18-47(31)36(49)23(2)42-37(50)51-4/h9-13,19-23,30-31H,5-8,14-18,39H2,1-4H3,(H,40,44)(H,41,45)(H,42,50)/t22-,23-,30-,31-,38?/m0/s1. The Morgan fingerprint density at radius 1 is 1.02 bits per heavy atom. The smallest absolute Gasteiger partial charge is 0.407 e. The van der Waals surface area contributed by atoms with Crippen molar-refractivity contribution < 1.29 is 19.1 Å². The first-order chi connectivity index (χ1) is 24.5. The number of amides is 3. The minimum absolute atomic E-state index is 0.0411. The minimum Gasteiger partial charge on any atom is -0.453 e. The normalized spacial score (nSPS) is 23.3. The van der Waals surface area contributed by atoms with Crippen LogP contribution in [-0.2, 0) is 19.7 Å². The Morgan fingerprint density at radius 3 is 2.47 bits per heavy atom. The number of imidazole rings is 2. The van der Waals surface area contributed by atoms with Crippen LogP contribution in [0.5, 0.6) is 0 Å². The fourth-order valence-electron chi connectivity index (χ4n) is 7.82. The predicted molar refractivity (Wildman–Crippen MR) is 193 cm³/mol. The first kappa shape index (κ1) is 34.4. The molecule has 4 aromatic rings. The van der Waals surface area contributed by atoms with Gasteiger partial charge in [0, 0.05) is 41.3 Å². The molecule has 1 unspecified atom stereocenters. The number of carbonyl (C=O) groups is 3. The van der Waals surface area contributed by atoms with Crippen LogP contribution in [0, 0.1) is 0 Å². The highest BCUT2D eigenvalue weighted by Crippen LogP contribution is 2.41. The molecule has 0 saturated carbocycles. The number of nitrogens with two attached hydrogens (primary N) is 1. The van der Waals surface area contributed by atoms with E-state index in [1.54, 1.807) is 18.7 Å². The number of alkyl carbamates (subject to hydrolysis) is 1. The van der Waals surface area contributed by atoms with Gasteiger partial charge in [-0.3, -0.25) is 14.6 Å². The zero-order valence-corrected chi connectivity index (χ0v) is 29.7. The monoisotopic (exact) mass is 693 g/mol. The largest absolute Gasteiger partial charge is 0.453 e. The summed E-state index contributed by atoms with van der Waals surface area (Å²) in [5.41, 5.74) is 11.8. The van der Waals surface area contributed by atoms with E-state index >= 15 is 0 Å². The number of allylic oxidation sites excluding steroid dienone is 2. The summed E-state index contributed by atoms with van der Waals surface area (Å²) < 4.78 is 4.66. The summed E-state index contributed by atoms with van der Waals surface area (Å²) in [6.45, 7) is 7.00. The van der Waals surface area contributed by atoms with Crippen molar-refractivity contribution in [2.75, 3.05) is 20.2 Å². The van der Waals surface area contributed by atoms with Gasteiger partial charge in [0.05, 0.1) is 48.3 Å². The molecule has 5 N–H and O–H groups in total. The first-order valence-corrected chi connectivity index (χ1v) is 18.0. The number of hydrogen-bond donors (Lipinski definition) is 4. The van der Waals surface area contributed by atoms with E-state index in [1.165, 1.54) is 12.7 Å². The van der Waals surface area contributed by atoms with E-state index in [0.717, 1.165) is 90.1 Å². The van der Waals surface area contributed by atoms with Crippen molar-refractivity contribution in [1.82, 2.24) is 40.0 Å². The Hall–Kier alpha value is -5.04. The molecular weight excluding hydrogens is 646 g/mol. The van der Waals surface area contributed by atoms with E-state index in [4.69, 9.17) is 20.7 Å². The van der Waals surface area contributed by atoms with E-state index in [-0.39, 0.29) is 29.3 Å². The summed E-state index contributed by atoms with van der Waals surface area (Å²) in [6, 6.07) is 9.09. The number of nitrogens with zero attached hydrogens (tertiary/aromatic N) is 5. The molecule has 2 aliphatic heterocycles. The van der Waals surface area contributed by atoms with Crippen molar-refractivity contribution in [3.8, 4) is 11.3 Å². The van der Waals surface area contributed by atoms with Crippen LogP contribution >= 0.6 is 0 Å². The van der Waals surface area contributed by atoms with E-state index in [2.05, 4.69) is 63.4 Å². The number of nitrogens with one attached hydrogen (secondary N) is 3. The number of H-pyrrole nitrogens is 2. The second-order valence-electron chi connectivity index (χ2n) is 14.5. The number of aromatic nitrogens is 5. The lowest BCUT2D eigenvalue weighted by Gasteiger charge is -2.32. The molecule has 7 rings (SSSR count). The number of likely N-dealkylation sites (tertiary alicyclic amines) is 2. The molecule has 5 heterocycles. The van der Waals surface area contributed by atoms with Gasteiger partial charge in [0.1, 0.15) is 17.7 Å². The lowest BCUT2D eigenvalue weighted by Crippen LogP contribution is -2.46. The SMILES string of the molecule is COC(=O)N[C@@H](C)C(=O)N1CCC[C@H]1c1ncc(C2=CCC(C)(c3ccc4cc(-c5c[nH]c([C@@H]6CCCN6C(=O)[C@H](C)N)n5)ccc4n3)CC2)[nH]1. The van der Waals surface area contributed by atoms with Gasteiger partial charge in [-0.1, -0.05) is 25.1 Å². The highest BCUT2D eigenvalue weighted by molar-refractivity contribution is 5.86. The van der Waals surface area contributed by atoms with Gasteiger partial charge in [-0.25, -0.2) is 14.8 Å². The van der Waals surface area contributed by atoms with Crippen molar-refractivity contribution >= 4 is 34.4 Å². The van der Waals surface area contributed by atoms with Crippen molar-refractivity contribution in [1.29, 1.82) is 0 Å². The number of hydrogen-bond acceptors (Lipinski definition) is 8. The van der Waals surface area contributed by atoms with E-state index in [9.17, 15) is 14.4 Å². The Bertz CT molecular complexity index is 1980. The van der Waals surface area contributed by atoms with E-state index < -0.39 is 18.2 Å². The fourth-order valence-corrected chi connectivity index (χ4v) is 7.82. The number of pyridine rings is 1. The topological polar surface area (TPSA) is 175 Å². The zero-order chi connectivity index (χ0) is 35.9. The van der Waals surface area contributed by atoms with Gasteiger partial charge in [-0.2, -0.15) is 0 Å². The third kappa shape index (κ3) is 6.74. The van der Waals surface area contributed by atoms with Crippen molar-refractivity contribution in [3.63, 3.8) is 0 Å². The van der Waals surface area contributed by atoms with Gasteiger partial charge in [0.15, 0.2) is 0 Å². The van der Waals surface area contributed by atoms with Gasteiger partial charge in [-0.15, -0.1) is 0 Å². The van der Waals surface area contributed by atoms with Gasteiger partial charge in [0.25, 0.3) is 0 Å². The maximum atomic E-state index is 13.1. The molecule has 268 valence electrons. The van der Waals surface area contributed by atoms with Crippen LogP contribution in [0.2, 0.25) is 0 Å². The Kier molecular flexibility index (Phi) is 9.40. The Balaban J connectivity index is 1.02. The second-order valence-corrected chi connectivity index (χ2v) is 14.5. The first-order valence-electron chi connectivity index (χ1n) is 18.0. The minimum atomic E-state index is -0.686. The number of rotatable bonds is 8. The van der Waals surface area contributed by atoms with Gasteiger partial charge < -0.3 is 35.6 Å². The lowest BCUT2D eigenvalue weighted by molar-refractivity contribution is -0.134. The molecule has 0 radical (unpaired) electrons. The highest BCUT2D eigenvalue weighted by atomic mass is 16.5. The van der Waals surface area contributed by atoms with Gasteiger partial charge in [0.2, 0.25) is 11.8 Å². The molecule has 51 heavy (non-hydrogen) atoms. The number of methoxy groups -OCH3 is 1. The lowest BCUT2D eigenvalue weighted by atomic mass is 9.73.